The molecule has 0 unspecified atom stereocenters. The number of anilines is 2. The number of esters is 1. The highest BCUT2D eigenvalue weighted by atomic mass is 35.5. The van der Waals surface area contributed by atoms with Gasteiger partial charge in [-0.2, -0.15) is 16.7 Å². The van der Waals surface area contributed by atoms with E-state index in [9.17, 15) is 49.2 Å². The maximum absolute atomic E-state index is 16.7. The second-order valence-electron chi connectivity index (χ2n) is 26.5. The first kappa shape index (κ1) is 75.6. The van der Waals surface area contributed by atoms with Crippen LogP contribution >= 0.6 is 23.4 Å². The fourth-order valence-corrected chi connectivity index (χ4v) is 15.3. The molecule has 2 bridgehead atoms. The van der Waals surface area contributed by atoms with E-state index in [1.165, 1.54) is 38.5 Å². The van der Waals surface area contributed by atoms with Gasteiger partial charge in [0.05, 0.1) is 41.1 Å². The number of aliphatic hydroxyl groups is 3. The van der Waals surface area contributed by atoms with Crippen molar-refractivity contribution in [1.29, 1.82) is 0 Å². The number of piperidine rings is 1. The van der Waals surface area contributed by atoms with Crippen LogP contribution in [0.25, 0.3) is 22.0 Å². The number of allylic oxidation sites excluding steroid dienone is 3. The van der Waals surface area contributed by atoms with E-state index in [2.05, 4.69) is 22.2 Å². The van der Waals surface area contributed by atoms with Gasteiger partial charge in [0.25, 0.3) is 11.7 Å². The minimum absolute atomic E-state index is 0.0168. The zero-order valence-corrected chi connectivity index (χ0v) is 57.9. The number of phenols is 1. The first-order valence-electron chi connectivity index (χ1n) is 33.5. The van der Waals surface area contributed by atoms with E-state index < -0.39 is 113 Å². The number of ether oxygens (including phenoxy) is 5. The number of halogens is 3. The maximum Gasteiger partial charge on any atom is 0.329 e. The van der Waals surface area contributed by atoms with Crippen LogP contribution in [0.4, 0.5) is 20.5 Å². The Hall–Kier alpha value is -6.16. The average Bonchev–Trinajstić information content (AvgIpc) is 0.790. The van der Waals surface area contributed by atoms with Gasteiger partial charge in [-0.15, -0.1) is 0 Å². The molecule has 3 amide bonds. The number of thioether (sulfide) groups is 1. The van der Waals surface area contributed by atoms with Crippen molar-refractivity contribution in [1.82, 2.24) is 25.1 Å². The molecule has 0 spiro atoms. The average molecular weight is 1380 g/mol. The number of amides is 3. The number of ketones is 2. The number of hydrogen-bond donors (Lipinski definition) is 6. The molecule has 1 aromatic heterocycles. The van der Waals surface area contributed by atoms with Crippen molar-refractivity contribution in [2.24, 2.45) is 29.6 Å². The summed E-state index contributed by atoms with van der Waals surface area (Å²) in [6.07, 6.45) is 3.91. The Bertz CT molecular complexity index is 3320. The molecule has 2 aromatic carbocycles. The molecule has 4 fully saturated rings. The number of Topliss-reactive ketones (excluding diaryl/α,β-unsaturated/α-hetero) is 2. The molecule has 14 atom stereocenters. The Kier molecular flexibility index (Phi) is 27.2. The van der Waals surface area contributed by atoms with Crippen LogP contribution in [0.2, 0.25) is 5.02 Å². The highest BCUT2D eigenvalue weighted by Crippen LogP contribution is 2.44. The second-order valence-corrected chi connectivity index (χ2v) is 28.1. The number of nitrogens with zero attached hydrogens (tertiary/aromatic N) is 5. The zero-order valence-electron chi connectivity index (χ0n) is 56.4. The van der Waals surface area contributed by atoms with Crippen molar-refractivity contribution >= 4 is 81.3 Å². The third-order valence-electron chi connectivity index (χ3n) is 19.6. The Morgan fingerprint density at radius 2 is 1.61 bits per heavy atom. The predicted octanol–water partition coefficient (Wildman–Crippen LogP) is 8.28. The van der Waals surface area contributed by atoms with Crippen molar-refractivity contribution in [2.75, 3.05) is 88.9 Å². The summed E-state index contributed by atoms with van der Waals surface area (Å²) in [5.41, 5.74) is 0.468. The number of piperazine rings is 1. The molecule has 6 N–H and O–H groups in total. The number of cyclic esters (lactones) is 1. The third-order valence-corrected chi connectivity index (χ3v) is 21.0. The van der Waals surface area contributed by atoms with Gasteiger partial charge in [0.15, 0.2) is 5.82 Å². The zero-order chi connectivity index (χ0) is 69.7. The monoisotopic (exact) mass is 1380 g/mol. The number of aromatic hydroxyl groups is 1. The van der Waals surface area contributed by atoms with E-state index in [-0.39, 0.29) is 95.6 Å². The van der Waals surface area contributed by atoms with Gasteiger partial charge in [-0.1, -0.05) is 62.7 Å². The quantitative estimate of drug-likeness (QED) is 0.0216. The van der Waals surface area contributed by atoms with E-state index in [4.69, 9.17) is 40.3 Å². The van der Waals surface area contributed by atoms with Crippen LogP contribution < -0.4 is 15.5 Å². The molecule has 4 aliphatic heterocycles. The summed E-state index contributed by atoms with van der Waals surface area (Å²) in [6, 6.07) is 3.77. The van der Waals surface area contributed by atoms with Gasteiger partial charge in [-0.3, -0.25) is 24.0 Å². The van der Waals surface area contributed by atoms with Crippen LogP contribution in [0.15, 0.2) is 60.2 Å². The number of benzene rings is 2. The Balaban J connectivity index is 0.948. The van der Waals surface area contributed by atoms with Crippen LogP contribution in [0, 0.1) is 41.2 Å². The molecule has 528 valence electrons. The predicted molar refractivity (Wildman–Crippen MR) is 361 cm³/mol. The molecule has 0 radical (unpaired) electrons. The Morgan fingerprint density at radius 1 is 0.896 bits per heavy atom. The third kappa shape index (κ3) is 18.2. The summed E-state index contributed by atoms with van der Waals surface area (Å²) in [6.45, 7) is 14.3. The standard InChI is InChI=1S/C70H96ClF2N7O15S/c1-10-58(86)78-25-27-79(28-26-78)66-46-37-47(71)59(60-48(72)16-13-18-51(60)82)61(73)62(46)76-69(77-66)75-22-21-57(85)74-23-30-96-29-14-15-45-32-39(2)31-40(3)33-55(92-8)64-56(93-9)35-42(5)70(90,95-64)65(87)67(88)80-24-12-11-17-49(80)68(89)94-63(43(6)52(83)38-53(45)84)41(4)34-44-19-20-50(81)54(36-44)91-7/h10,13,16,18,32,34,37,40,42-45,49-50,52,54-56,63-64,81-83,90H,1,11-12,14-15,17,19-31,33,35-36,38H2,2-9H3,(H,74,85)(H,75,76,77)/b39-32+,41-34+/t40-,42+,43+,44-,45+,49-,50+,52-,54+,55-,56-,63+,64+,70+/m0/s1. The SMILES string of the molecule is C=CC(=O)N1CCN(c2nc(NCCC(=O)NCCSCCC[C@@H]3/C=C(\C)C[C@H](C)C[C@H](OC)[C@H]4O[C@@](O)(C(=O)C(=O)N5CCCC[C@H]5C(=O)O[C@H](/C(C)=C/[C@@H]5CC[C@@H](O)[C@H](OC)C5)[C@H](C)[C@@H](O)CC3=O)[C@H](C)C[C@@H]4OC)nc3c(F)c(-c4c(O)cccc4F)c(Cl)cc23)CC1. The lowest BCUT2D eigenvalue weighted by molar-refractivity contribution is -0.302. The van der Waals surface area contributed by atoms with Gasteiger partial charge < -0.3 is 69.4 Å². The molecule has 5 aliphatic rings. The van der Waals surface area contributed by atoms with E-state index >= 15 is 8.78 Å². The number of methoxy groups -OCH3 is 3. The molecule has 3 saturated heterocycles. The fourth-order valence-electron chi connectivity index (χ4n) is 14.2. The molecular weight excluding hydrogens is 1280 g/mol. The van der Waals surface area contributed by atoms with Gasteiger partial charge in [-0.05, 0) is 132 Å². The van der Waals surface area contributed by atoms with E-state index in [1.54, 1.807) is 44.5 Å². The molecule has 8 rings (SSSR count). The lowest BCUT2D eigenvalue weighted by Crippen LogP contribution is -2.64. The highest BCUT2D eigenvalue weighted by Gasteiger charge is 2.57. The number of carbonyl (C=O) groups is 6. The summed E-state index contributed by atoms with van der Waals surface area (Å²) >= 11 is 8.22. The topological polar surface area (TPSA) is 289 Å². The summed E-state index contributed by atoms with van der Waals surface area (Å²) in [5, 5.41) is 51.7. The van der Waals surface area contributed by atoms with Crippen LogP contribution in [0.5, 0.6) is 5.75 Å². The minimum Gasteiger partial charge on any atom is -0.507 e. The molecular formula is C70H96ClF2N7O15S. The highest BCUT2D eigenvalue weighted by molar-refractivity contribution is 7.99. The van der Waals surface area contributed by atoms with Gasteiger partial charge in [0.2, 0.25) is 23.5 Å². The van der Waals surface area contributed by atoms with Crippen LogP contribution in [0.1, 0.15) is 118 Å². The van der Waals surface area contributed by atoms with Crippen LogP contribution in [-0.2, 0) is 52.5 Å². The number of hydrogen-bond acceptors (Lipinski definition) is 20. The molecule has 26 heteroatoms. The maximum atomic E-state index is 16.7. The lowest BCUT2D eigenvalue weighted by Gasteiger charge is -2.47. The van der Waals surface area contributed by atoms with E-state index in [1.807, 2.05) is 30.9 Å². The fraction of sp³-hybridized carbons (Fsp3) is 0.629. The summed E-state index contributed by atoms with van der Waals surface area (Å²) in [7, 11) is 4.55. The van der Waals surface area contributed by atoms with Gasteiger partial charge in [-0.25, -0.2) is 18.6 Å². The second kappa shape index (κ2) is 34.6. The number of phenolic OH excluding ortho intramolecular Hbond substituents is 1. The normalized spacial score (nSPS) is 30.0. The minimum atomic E-state index is -2.59. The molecule has 3 aromatic rings. The number of carbonyl (C=O) groups excluding carboxylic acids is 6. The number of aromatic nitrogens is 2. The van der Waals surface area contributed by atoms with Gasteiger partial charge >= 0.3 is 5.97 Å². The summed E-state index contributed by atoms with van der Waals surface area (Å²) in [4.78, 5) is 97.9. The number of rotatable bonds is 19. The Morgan fingerprint density at radius 3 is 2.31 bits per heavy atom. The van der Waals surface area contributed by atoms with Gasteiger partial charge in [0, 0.05) is 114 Å². The molecule has 1 aliphatic carbocycles. The van der Waals surface area contributed by atoms with Crippen molar-refractivity contribution < 1.29 is 81.7 Å². The van der Waals surface area contributed by atoms with Crippen LogP contribution in [0.3, 0.4) is 0 Å². The van der Waals surface area contributed by atoms with Crippen molar-refractivity contribution in [3.63, 3.8) is 0 Å². The van der Waals surface area contributed by atoms with Crippen molar-refractivity contribution in [2.45, 2.75) is 173 Å². The van der Waals surface area contributed by atoms with Crippen LogP contribution in [-0.4, -0.2) is 209 Å². The molecule has 96 heavy (non-hydrogen) atoms. The summed E-state index contributed by atoms with van der Waals surface area (Å²) < 4.78 is 62.1. The molecule has 1 saturated carbocycles. The molecule has 22 nitrogen and oxygen atoms in total. The van der Waals surface area contributed by atoms with E-state index in [0.717, 1.165) is 16.5 Å². The lowest BCUT2D eigenvalue weighted by atomic mass is 9.81. The van der Waals surface area contributed by atoms with Gasteiger partial charge in [0.1, 0.15) is 46.9 Å². The number of fused-ring (bicyclic) bond motifs is 4. The first-order valence-corrected chi connectivity index (χ1v) is 35.1. The Labute approximate surface area is 570 Å². The largest absolute Gasteiger partial charge is 0.507 e. The summed E-state index contributed by atoms with van der Waals surface area (Å²) in [5.74, 6) is -9.96. The van der Waals surface area contributed by atoms with E-state index in [0.29, 0.717) is 113 Å². The smallest absolute Gasteiger partial charge is 0.329 e. The molecule has 5 heterocycles. The first-order chi connectivity index (χ1) is 45.8. The number of aliphatic hydroxyl groups excluding tert-OH is 2. The van der Waals surface area contributed by atoms with Crippen molar-refractivity contribution in [3.05, 3.63) is 76.9 Å². The van der Waals surface area contributed by atoms with Crippen molar-refractivity contribution in [3.8, 4) is 16.9 Å². The number of nitrogens with one attached hydrogen (secondary N) is 2.